The van der Waals surface area contributed by atoms with Gasteiger partial charge in [-0.15, -0.1) is 0 Å². The number of H-pyrrole nitrogens is 1. The van der Waals surface area contributed by atoms with E-state index in [-0.39, 0.29) is 41.1 Å². The van der Waals surface area contributed by atoms with Gasteiger partial charge in [0.1, 0.15) is 5.82 Å². The van der Waals surface area contributed by atoms with E-state index < -0.39 is 17.2 Å². The van der Waals surface area contributed by atoms with E-state index in [1.165, 1.54) is 9.47 Å². The lowest BCUT2D eigenvalue weighted by molar-refractivity contribution is 0.0977. The second-order valence-corrected chi connectivity index (χ2v) is 10.6. The van der Waals surface area contributed by atoms with Gasteiger partial charge in [-0.25, -0.2) is 4.79 Å². The Morgan fingerprint density at radius 2 is 1.84 bits per heavy atom. The molecule has 3 N–H and O–H groups in total. The predicted octanol–water partition coefficient (Wildman–Crippen LogP) is 2.91. The molecule has 32 heavy (non-hydrogen) atoms. The summed E-state index contributed by atoms with van der Waals surface area (Å²) in [6.07, 6.45) is 2.16. The topological polar surface area (TPSA) is 119 Å². The van der Waals surface area contributed by atoms with Gasteiger partial charge >= 0.3 is 5.69 Å². The summed E-state index contributed by atoms with van der Waals surface area (Å²) in [5.41, 5.74) is 6.11. The van der Waals surface area contributed by atoms with E-state index in [1.807, 2.05) is 38.4 Å². The van der Waals surface area contributed by atoms with Crippen molar-refractivity contribution in [3.05, 3.63) is 38.3 Å². The zero-order valence-corrected chi connectivity index (χ0v) is 20.2. The maximum absolute atomic E-state index is 13.7. The SMILES string of the molecule is CC(C)CN(C(=O)c1cc(C2CC2)n(C(C)(C)C)n1)c1c(N)n(CC(C)C)c(=O)[nH]c1=O. The first kappa shape index (κ1) is 23.8. The number of carbonyl (C=O) groups is 1. The van der Waals surface area contributed by atoms with Crippen molar-refractivity contribution < 1.29 is 4.79 Å². The Labute approximate surface area is 188 Å². The minimum absolute atomic E-state index is 0.000814. The highest BCUT2D eigenvalue weighted by Gasteiger charge is 2.34. The molecule has 0 radical (unpaired) electrons. The van der Waals surface area contributed by atoms with Gasteiger partial charge in [0.25, 0.3) is 11.5 Å². The monoisotopic (exact) mass is 444 g/mol. The molecule has 2 aromatic rings. The van der Waals surface area contributed by atoms with Gasteiger partial charge in [-0.2, -0.15) is 5.10 Å². The fraction of sp³-hybridized carbons (Fsp3) is 0.652. The van der Waals surface area contributed by atoms with Gasteiger partial charge in [0.2, 0.25) is 0 Å². The van der Waals surface area contributed by atoms with Crippen LogP contribution in [0.3, 0.4) is 0 Å². The number of amides is 1. The molecule has 176 valence electrons. The Hall–Kier alpha value is -2.84. The van der Waals surface area contributed by atoms with Crippen molar-refractivity contribution in [2.75, 3.05) is 17.2 Å². The summed E-state index contributed by atoms with van der Waals surface area (Å²) < 4.78 is 3.24. The number of nitrogen functional groups attached to an aromatic ring is 1. The lowest BCUT2D eigenvalue weighted by atomic mass is 10.1. The third-order valence-corrected chi connectivity index (χ3v) is 5.41. The van der Waals surface area contributed by atoms with Crippen molar-refractivity contribution in [2.45, 2.75) is 79.3 Å². The molecular weight excluding hydrogens is 408 g/mol. The van der Waals surface area contributed by atoms with Crippen LogP contribution in [0.25, 0.3) is 0 Å². The third kappa shape index (κ3) is 4.81. The second-order valence-electron chi connectivity index (χ2n) is 10.6. The minimum Gasteiger partial charge on any atom is -0.383 e. The highest BCUT2D eigenvalue weighted by atomic mass is 16.2. The lowest BCUT2D eigenvalue weighted by Gasteiger charge is -2.26. The third-order valence-electron chi connectivity index (χ3n) is 5.41. The molecule has 0 bridgehead atoms. The van der Waals surface area contributed by atoms with Gasteiger partial charge in [-0.05, 0) is 51.5 Å². The van der Waals surface area contributed by atoms with Gasteiger partial charge in [-0.3, -0.25) is 28.7 Å². The van der Waals surface area contributed by atoms with E-state index in [1.54, 1.807) is 0 Å². The maximum Gasteiger partial charge on any atom is 0.330 e. The molecule has 0 atom stereocenters. The molecule has 2 aromatic heterocycles. The van der Waals surface area contributed by atoms with E-state index >= 15 is 0 Å². The average molecular weight is 445 g/mol. The zero-order valence-electron chi connectivity index (χ0n) is 20.2. The fourth-order valence-corrected chi connectivity index (χ4v) is 3.87. The Bertz CT molecular complexity index is 1110. The first-order valence-electron chi connectivity index (χ1n) is 11.4. The van der Waals surface area contributed by atoms with Crippen molar-refractivity contribution in [3.8, 4) is 0 Å². The molecule has 1 aliphatic carbocycles. The maximum atomic E-state index is 13.7. The van der Waals surface area contributed by atoms with Crippen LogP contribution in [0.5, 0.6) is 0 Å². The number of nitrogens with two attached hydrogens (primary N) is 1. The van der Waals surface area contributed by atoms with Crippen molar-refractivity contribution >= 4 is 17.4 Å². The van der Waals surface area contributed by atoms with Crippen LogP contribution >= 0.6 is 0 Å². The highest BCUT2D eigenvalue weighted by Crippen LogP contribution is 2.42. The Balaban J connectivity index is 2.14. The van der Waals surface area contributed by atoms with Gasteiger partial charge < -0.3 is 5.73 Å². The Morgan fingerprint density at radius 1 is 1.22 bits per heavy atom. The Morgan fingerprint density at radius 3 is 2.34 bits per heavy atom. The molecule has 0 saturated heterocycles. The number of nitrogens with one attached hydrogen (secondary N) is 1. The highest BCUT2D eigenvalue weighted by molar-refractivity contribution is 6.06. The summed E-state index contributed by atoms with van der Waals surface area (Å²) in [4.78, 5) is 42.6. The molecule has 0 unspecified atom stereocenters. The molecule has 9 nitrogen and oxygen atoms in total. The summed E-state index contributed by atoms with van der Waals surface area (Å²) in [5, 5.41) is 4.65. The van der Waals surface area contributed by atoms with Crippen LogP contribution in [-0.4, -0.2) is 31.8 Å². The first-order chi connectivity index (χ1) is 14.8. The van der Waals surface area contributed by atoms with Crippen LogP contribution in [0.15, 0.2) is 15.7 Å². The van der Waals surface area contributed by atoms with Gasteiger partial charge in [-0.1, -0.05) is 27.7 Å². The van der Waals surface area contributed by atoms with E-state index in [9.17, 15) is 14.4 Å². The van der Waals surface area contributed by atoms with Crippen LogP contribution in [0.4, 0.5) is 11.5 Å². The smallest absolute Gasteiger partial charge is 0.330 e. The number of hydrogen-bond donors (Lipinski definition) is 2. The van der Waals surface area contributed by atoms with E-state index in [0.717, 1.165) is 18.5 Å². The summed E-state index contributed by atoms with van der Waals surface area (Å²) >= 11 is 0. The van der Waals surface area contributed by atoms with Crippen LogP contribution in [0.1, 0.15) is 83.4 Å². The predicted molar refractivity (Wildman–Crippen MR) is 126 cm³/mol. The summed E-state index contributed by atoms with van der Waals surface area (Å²) in [5.74, 6) is 0.209. The van der Waals surface area contributed by atoms with E-state index in [2.05, 4.69) is 30.9 Å². The van der Waals surface area contributed by atoms with E-state index in [0.29, 0.717) is 12.5 Å². The number of carbonyl (C=O) groups excluding carboxylic acids is 1. The quantitative estimate of drug-likeness (QED) is 0.680. The molecule has 0 spiro atoms. The summed E-state index contributed by atoms with van der Waals surface area (Å²) in [7, 11) is 0. The van der Waals surface area contributed by atoms with Crippen LogP contribution in [0.2, 0.25) is 0 Å². The average Bonchev–Trinajstić information content (AvgIpc) is 3.40. The number of aromatic amines is 1. The number of rotatable bonds is 7. The largest absolute Gasteiger partial charge is 0.383 e. The zero-order chi connectivity index (χ0) is 24.0. The van der Waals surface area contributed by atoms with E-state index in [4.69, 9.17) is 5.73 Å². The number of hydrogen-bond acceptors (Lipinski definition) is 5. The Kier molecular flexibility index (Phi) is 6.40. The normalized spacial score (nSPS) is 14.4. The van der Waals surface area contributed by atoms with Crippen LogP contribution in [0, 0.1) is 11.8 Å². The van der Waals surface area contributed by atoms with Gasteiger partial charge in [0.05, 0.1) is 5.54 Å². The van der Waals surface area contributed by atoms with Crippen molar-refractivity contribution in [2.24, 2.45) is 11.8 Å². The van der Waals surface area contributed by atoms with Crippen molar-refractivity contribution in [1.29, 1.82) is 0 Å². The van der Waals surface area contributed by atoms with Crippen LogP contribution in [-0.2, 0) is 12.1 Å². The summed E-state index contributed by atoms with van der Waals surface area (Å²) in [6, 6.07) is 1.84. The standard InChI is InChI=1S/C23H36N6O3/c1-13(2)11-27(18-19(24)28(12-14(3)4)22(32)25-20(18)30)21(31)16-10-17(15-8-9-15)29(26-16)23(5,6)7/h10,13-15H,8-9,11-12,24H2,1-7H3,(H,25,30,32). The molecule has 3 rings (SSSR count). The lowest BCUT2D eigenvalue weighted by Crippen LogP contribution is -2.43. The number of aromatic nitrogens is 4. The second kappa shape index (κ2) is 8.60. The molecule has 1 fully saturated rings. The molecule has 1 aliphatic rings. The molecule has 2 heterocycles. The van der Waals surface area contributed by atoms with Crippen molar-refractivity contribution in [1.82, 2.24) is 19.3 Å². The fourth-order valence-electron chi connectivity index (χ4n) is 3.87. The number of nitrogens with zero attached hydrogens (tertiary/aromatic N) is 4. The van der Waals surface area contributed by atoms with Crippen molar-refractivity contribution in [3.63, 3.8) is 0 Å². The molecule has 9 heteroatoms. The first-order valence-corrected chi connectivity index (χ1v) is 11.4. The molecule has 0 aromatic carbocycles. The van der Waals surface area contributed by atoms with Gasteiger partial charge in [0.15, 0.2) is 11.4 Å². The molecule has 0 aliphatic heterocycles. The summed E-state index contributed by atoms with van der Waals surface area (Å²) in [6.45, 7) is 14.6. The number of anilines is 2. The van der Waals surface area contributed by atoms with Crippen LogP contribution < -0.4 is 21.9 Å². The van der Waals surface area contributed by atoms with Gasteiger partial charge in [0, 0.05) is 24.7 Å². The minimum atomic E-state index is -0.667. The molecular formula is C23H36N6O3. The molecule has 1 saturated carbocycles. The molecule has 1 amide bonds.